The Morgan fingerprint density at radius 1 is 1.25 bits per heavy atom. The van der Waals surface area contributed by atoms with Gasteiger partial charge in [-0.15, -0.1) is 0 Å². The van der Waals surface area contributed by atoms with Crippen molar-refractivity contribution >= 4 is 0 Å². The van der Waals surface area contributed by atoms with E-state index in [9.17, 15) is 0 Å². The van der Waals surface area contributed by atoms with Crippen LogP contribution in [0.5, 0.6) is 0 Å². The Balaban J connectivity index is 1.59. The van der Waals surface area contributed by atoms with Gasteiger partial charge in [0.15, 0.2) is 0 Å². The van der Waals surface area contributed by atoms with Crippen molar-refractivity contribution in [1.29, 1.82) is 0 Å². The van der Waals surface area contributed by atoms with E-state index in [0.717, 1.165) is 17.9 Å². The molecule has 3 rings (SSSR count). The molecule has 0 spiro atoms. The van der Waals surface area contributed by atoms with Gasteiger partial charge in [-0.1, -0.05) is 38.1 Å². The fourth-order valence-electron chi connectivity index (χ4n) is 3.80. The van der Waals surface area contributed by atoms with E-state index in [0.29, 0.717) is 0 Å². The number of hydrogen-bond acceptors (Lipinski definition) is 2. The third-order valence-electron chi connectivity index (χ3n) is 4.70. The van der Waals surface area contributed by atoms with Crippen LogP contribution in [0.2, 0.25) is 0 Å². The molecule has 1 aliphatic carbocycles. The Morgan fingerprint density at radius 2 is 2.10 bits per heavy atom. The molecule has 110 valence electrons. The first kappa shape index (κ1) is 14.1. The summed E-state index contributed by atoms with van der Waals surface area (Å²) in [4.78, 5) is 2.70. The number of hydrogen-bond donors (Lipinski definition) is 1. The minimum Gasteiger partial charge on any atom is -0.313 e. The van der Waals surface area contributed by atoms with Gasteiger partial charge in [-0.25, -0.2) is 0 Å². The highest BCUT2D eigenvalue weighted by Gasteiger charge is 2.28. The van der Waals surface area contributed by atoms with Gasteiger partial charge in [0, 0.05) is 31.6 Å². The predicted molar refractivity (Wildman–Crippen MR) is 85.2 cm³/mol. The van der Waals surface area contributed by atoms with E-state index in [-0.39, 0.29) is 0 Å². The third-order valence-corrected chi connectivity index (χ3v) is 4.70. The highest BCUT2D eigenvalue weighted by molar-refractivity contribution is 5.40. The van der Waals surface area contributed by atoms with Gasteiger partial charge in [0.25, 0.3) is 0 Å². The third kappa shape index (κ3) is 3.24. The number of fused-ring (bicyclic) bond motifs is 1. The first-order valence-corrected chi connectivity index (χ1v) is 8.26. The summed E-state index contributed by atoms with van der Waals surface area (Å²) in [5.74, 6) is 1.53. The van der Waals surface area contributed by atoms with Crippen molar-refractivity contribution < 1.29 is 0 Å². The van der Waals surface area contributed by atoms with Crippen LogP contribution in [0.4, 0.5) is 0 Å². The summed E-state index contributed by atoms with van der Waals surface area (Å²) in [5.41, 5.74) is 3.17. The minimum atomic E-state index is 0.726. The Hall–Kier alpha value is -0.860. The SMILES string of the molecule is CC(C)CN(CC1CCCN1)CC1Cc2ccccc21. The van der Waals surface area contributed by atoms with Crippen LogP contribution >= 0.6 is 0 Å². The number of benzene rings is 1. The largest absolute Gasteiger partial charge is 0.313 e. The summed E-state index contributed by atoms with van der Waals surface area (Å²) in [6.45, 7) is 9.60. The summed E-state index contributed by atoms with van der Waals surface area (Å²) < 4.78 is 0. The highest BCUT2D eigenvalue weighted by Crippen LogP contribution is 2.35. The standard InChI is InChI=1S/C18H28N2/c1-14(2)11-20(13-17-7-5-9-19-17)12-16-10-15-6-3-4-8-18(15)16/h3-4,6,8,14,16-17,19H,5,7,9-13H2,1-2H3. The lowest BCUT2D eigenvalue weighted by atomic mass is 9.77. The lowest BCUT2D eigenvalue weighted by molar-refractivity contribution is 0.205. The predicted octanol–water partition coefficient (Wildman–Crippen LogP) is 3.04. The molecule has 1 fully saturated rings. The summed E-state index contributed by atoms with van der Waals surface area (Å²) >= 11 is 0. The maximum atomic E-state index is 3.65. The smallest absolute Gasteiger partial charge is 0.0195 e. The molecule has 20 heavy (non-hydrogen) atoms. The summed E-state index contributed by atoms with van der Waals surface area (Å²) in [5, 5.41) is 3.65. The van der Waals surface area contributed by atoms with Gasteiger partial charge >= 0.3 is 0 Å². The molecule has 1 aromatic rings. The molecule has 0 amide bonds. The molecule has 1 saturated heterocycles. The van der Waals surface area contributed by atoms with Crippen molar-refractivity contribution in [1.82, 2.24) is 10.2 Å². The molecular weight excluding hydrogens is 244 g/mol. The van der Waals surface area contributed by atoms with E-state index >= 15 is 0 Å². The Labute approximate surface area is 123 Å². The lowest BCUT2D eigenvalue weighted by Crippen LogP contribution is -2.42. The molecule has 1 heterocycles. The molecule has 0 saturated carbocycles. The maximum Gasteiger partial charge on any atom is 0.0195 e. The molecule has 2 nitrogen and oxygen atoms in total. The quantitative estimate of drug-likeness (QED) is 0.856. The summed E-state index contributed by atoms with van der Waals surface area (Å²) in [7, 11) is 0. The van der Waals surface area contributed by atoms with E-state index in [1.807, 2.05) is 0 Å². The molecule has 1 N–H and O–H groups in total. The molecule has 2 unspecified atom stereocenters. The van der Waals surface area contributed by atoms with Crippen LogP contribution in [-0.4, -0.2) is 37.1 Å². The molecule has 2 aliphatic rings. The zero-order valence-electron chi connectivity index (χ0n) is 12.9. The van der Waals surface area contributed by atoms with Crippen LogP contribution in [-0.2, 0) is 6.42 Å². The van der Waals surface area contributed by atoms with Crippen LogP contribution in [0.25, 0.3) is 0 Å². The molecule has 1 aromatic carbocycles. The minimum absolute atomic E-state index is 0.726. The number of rotatable bonds is 6. The van der Waals surface area contributed by atoms with Crippen molar-refractivity contribution in [3.63, 3.8) is 0 Å². The Kier molecular flexibility index (Phi) is 4.42. The zero-order chi connectivity index (χ0) is 13.9. The molecule has 2 atom stereocenters. The van der Waals surface area contributed by atoms with Gasteiger partial charge in [0.1, 0.15) is 0 Å². The van der Waals surface area contributed by atoms with Crippen molar-refractivity contribution in [2.75, 3.05) is 26.2 Å². The molecule has 2 heteroatoms. The second-order valence-corrected chi connectivity index (χ2v) is 7.01. The normalized spacial score (nSPS) is 25.0. The van der Waals surface area contributed by atoms with E-state index in [1.54, 1.807) is 11.1 Å². The van der Waals surface area contributed by atoms with Crippen molar-refractivity contribution in [2.45, 2.75) is 45.1 Å². The second kappa shape index (κ2) is 6.28. The molecule has 1 aliphatic heterocycles. The number of nitrogens with one attached hydrogen (secondary N) is 1. The number of nitrogens with zero attached hydrogens (tertiary/aromatic N) is 1. The first-order chi connectivity index (χ1) is 9.72. The van der Waals surface area contributed by atoms with Gasteiger partial charge in [-0.2, -0.15) is 0 Å². The van der Waals surface area contributed by atoms with Gasteiger partial charge < -0.3 is 10.2 Å². The molecule has 0 aromatic heterocycles. The van der Waals surface area contributed by atoms with Crippen molar-refractivity contribution in [2.24, 2.45) is 5.92 Å². The van der Waals surface area contributed by atoms with Gasteiger partial charge in [0.05, 0.1) is 0 Å². The maximum absolute atomic E-state index is 3.65. The zero-order valence-corrected chi connectivity index (χ0v) is 12.9. The summed E-state index contributed by atoms with van der Waals surface area (Å²) in [6, 6.07) is 9.70. The van der Waals surface area contributed by atoms with Crippen LogP contribution < -0.4 is 5.32 Å². The monoisotopic (exact) mass is 272 g/mol. The van der Waals surface area contributed by atoms with Crippen LogP contribution in [0.3, 0.4) is 0 Å². The average molecular weight is 272 g/mol. The van der Waals surface area contributed by atoms with Crippen LogP contribution in [0.1, 0.15) is 43.7 Å². The van der Waals surface area contributed by atoms with Crippen molar-refractivity contribution in [3.05, 3.63) is 35.4 Å². The van der Waals surface area contributed by atoms with Gasteiger partial charge in [-0.3, -0.25) is 0 Å². The van der Waals surface area contributed by atoms with Gasteiger partial charge in [-0.05, 0) is 42.9 Å². The Morgan fingerprint density at radius 3 is 2.80 bits per heavy atom. The fourth-order valence-corrected chi connectivity index (χ4v) is 3.80. The molecular formula is C18H28N2. The molecule has 0 bridgehead atoms. The van der Waals surface area contributed by atoms with E-state index < -0.39 is 0 Å². The first-order valence-electron chi connectivity index (χ1n) is 8.26. The fraction of sp³-hybridized carbons (Fsp3) is 0.667. The highest BCUT2D eigenvalue weighted by atomic mass is 15.2. The van der Waals surface area contributed by atoms with Crippen LogP contribution in [0.15, 0.2) is 24.3 Å². The van der Waals surface area contributed by atoms with E-state index in [1.165, 1.54) is 45.4 Å². The van der Waals surface area contributed by atoms with Gasteiger partial charge in [0.2, 0.25) is 0 Å². The van der Waals surface area contributed by atoms with E-state index in [4.69, 9.17) is 0 Å². The van der Waals surface area contributed by atoms with E-state index in [2.05, 4.69) is 48.3 Å². The lowest BCUT2D eigenvalue weighted by Gasteiger charge is -2.36. The average Bonchev–Trinajstić information content (AvgIpc) is 2.88. The topological polar surface area (TPSA) is 15.3 Å². The van der Waals surface area contributed by atoms with Crippen LogP contribution in [0, 0.1) is 5.92 Å². The van der Waals surface area contributed by atoms with Crippen molar-refractivity contribution in [3.8, 4) is 0 Å². The summed E-state index contributed by atoms with van der Waals surface area (Å²) in [6.07, 6.45) is 3.99. The Bertz CT molecular complexity index is 435. The molecule has 0 radical (unpaired) electrons. The second-order valence-electron chi connectivity index (χ2n) is 7.01.